The van der Waals surface area contributed by atoms with Crippen LogP contribution in [0, 0.1) is 0 Å². The molecule has 0 unspecified atom stereocenters. The van der Waals surface area contributed by atoms with E-state index in [0.29, 0.717) is 29.8 Å². The molecule has 0 bridgehead atoms. The first-order valence-electron chi connectivity index (χ1n) is 9.41. The molecule has 0 spiro atoms. The molecule has 0 aromatic heterocycles. The second-order valence-electron chi connectivity index (χ2n) is 7.86. The van der Waals surface area contributed by atoms with Crippen LogP contribution in [0.4, 0.5) is 10.5 Å². The Bertz CT molecular complexity index is 963. The number of amides is 4. The number of urea groups is 1. The Morgan fingerprint density at radius 1 is 1.03 bits per heavy atom. The number of ether oxygens (including phenoxy) is 1. The van der Waals surface area contributed by atoms with Crippen molar-refractivity contribution >= 4 is 23.5 Å². The lowest BCUT2D eigenvalue weighted by atomic mass is 10.1. The van der Waals surface area contributed by atoms with Gasteiger partial charge < -0.3 is 15.4 Å². The summed E-state index contributed by atoms with van der Waals surface area (Å²) in [5.41, 5.74) is 1.55. The highest BCUT2D eigenvalue weighted by molar-refractivity contribution is 6.22. The quantitative estimate of drug-likeness (QED) is 0.759. The summed E-state index contributed by atoms with van der Waals surface area (Å²) in [4.78, 5) is 38.6. The maximum Gasteiger partial charge on any atom is 0.319 e. The van der Waals surface area contributed by atoms with Crippen LogP contribution in [0.1, 0.15) is 47.1 Å². The van der Waals surface area contributed by atoms with E-state index < -0.39 is 5.54 Å². The van der Waals surface area contributed by atoms with E-state index in [-0.39, 0.29) is 17.8 Å². The number of anilines is 1. The average molecular weight is 395 g/mol. The standard InChI is InChI=1S/C22H25N3O4/c1-22(2,3)25-19(26)17-9-8-15(13-18(17)20(25)27)24-21(28)23-11-10-14-6-5-7-16(12-14)29-4/h5-9,12-13H,10-11H2,1-4H3,(H2,23,24,28). The SMILES string of the molecule is COc1cccc(CCNC(=O)Nc2ccc3c(c2)C(=O)N(C(C)(C)C)C3=O)c1. The molecule has 2 aromatic rings. The van der Waals surface area contributed by atoms with Gasteiger partial charge in [-0.2, -0.15) is 0 Å². The van der Waals surface area contributed by atoms with Gasteiger partial charge in [-0.05, 0) is 63.1 Å². The normalized spacial score (nSPS) is 13.3. The van der Waals surface area contributed by atoms with Crippen LogP contribution >= 0.6 is 0 Å². The Balaban J connectivity index is 1.60. The molecule has 4 amide bonds. The van der Waals surface area contributed by atoms with Gasteiger partial charge in [0.15, 0.2) is 0 Å². The molecule has 152 valence electrons. The van der Waals surface area contributed by atoms with Crippen molar-refractivity contribution < 1.29 is 19.1 Å². The molecule has 2 aromatic carbocycles. The van der Waals surface area contributed by atoms with Crippen LogP contribution in [0.25, 0.3) is 0 Å². The number of hydrogen-bond donors (Lipinski definition) is 2. The second-order valence-corrected chi connectivity index (χ2v) is 7.86. The highest BCUT2D eigenvalue weighted by Gasteiger charge is 2.41. The lowest BCUT2D eigenvalue weighted by Crippen LogP contribution is -2.45. The van der Waals surface area contributed by atoms with E-state index in [2.05, 4.69) is 10.6 Å². The molecule has 0 saturated heterocycles. The Labute approximate surface area is 170 Å². The van der Waals surface area contributed by atoms with E-state index >= 15 is 0 Å². The third-order valence-corrected chi connectivity index (χ3v) is 4.65. The van der Waals surface area contributed by atoms with Gasteiger partial charge in [0.25, 0.3) is 11.8 Å². The number of carbonyl (C=O) groups excluding carboxylic acids is 3. The van der Waals surface area contributed by atoms with E-state index in [1.807, 2.05) is 45.0 Å². The summed E-state index contributed by atoms with van der Waals surface area (Å²) in [5.74, 6) is 0.111. The number of imide groups is 1. The third kappa shape index (κ3) is 4.39. The van der Waals surface area contributed by atoms with E-state index in [4.69, 9.17) is 4.74 Å². The van der Waals surface area contributed by atoms with Gasteiger partial charge in [-0.1, -0.05) is 12.1 Å². The summed E-state index contributed by atoms with van der Waals surface area (Å²) >= 11 is 0. The van der Waals surface area contributed by atoms with Crippen LogP contribution in [0.5, 0.6) is 5.75 Å². The van der Waals surface area contributed by atoms with Crippen LogP contribution in [-0.2, 0) is 6.42 Å². The van der Waals surface area contributed by atoms with Crippen molar-refractivity contribution in [3.63, 3.8) is 0 Å². The lowest BCUT2D eigenvalue weighted by molar-refractivity contribution is 0.0507. The zero-order chi connectivity index (χ0) is 21.2. The number of nitrogens with one attached hydrogen (secondary N) is 2. The molecule has 0 fully saturated rings. The molecule has 0 saturated carbocycles. The van der Waals surface area contributed by atoms with Gasteiger partial charge in [0.2, 0.25) is 0 Å². The summed E-state index contributed by atoms with van der Waals surface area (Å²) < 4.78 is 5.19. The molecule has 1 heterocycles. The third-order valence-electron chi connectivity index (χ3n) is 4.65. The highest BCUT2D eigenvalue weighted by atomic mass is 16.5. The summed E-state index contributed by atoms with van der Waals surface area (Å²) in [6, 6.07) is 12.0. The van der Waals surface area contributed by atoms with E-state index in [1.54, 1.807) is 25.3 Å². The van der Waals surface area contributed by atoms with E-state index in [0.717, 1.165) is 11.3 Å². The fourth-order valence-electron chi connectivity index (χ4n) is 3.25. The molecule has 2 N–H and O–H groups in total. The number of carbonyl (C=O) groups is 3. The molecular weight excluding hydrogens is 370 g/mol. The molecule has 1 aliphatic rings. The zero-order valence-electron chi connectivity index (χ0n) is 17.0. The van der Waals surface area contributed by atoms with E-state index in [1.165, 1.54) is 4.90 Å². The van der Waals surface area contributed by atoms with Gasteiger partial charge in [-0.25, -0.2) is 4.79 Å². The van der Waals surface area contributed by atoms with Crippen molar-refractivity contribution in [2.45, 2.75) is 32.7 Å². The monoisotopic (exact) mass is 395 g/mol. The second kappa shape index (κ2) is 7.95. The summed E-state index contributed by atoms with van der Waals surface area (Å²) in [6.45, 7) is 5.87. The Hall–Kier alpha value is -3.35. The molecule has 7 nitrogen and oxygen atoms in total. The van der Waals surface area contributed by atoms with Gasteiger partial charge in [0.05, 0.1) is 18.2 Å². The minimum absolute atomic E-state index is 0.305. The number of benzene rings is 2. The average Bonchev–Trinajstić information content (AvgIpc) is 2.92. The van der Waals surface area contributed by atoms with Crippen molar-refractivity contribution in [2.75, 3.05) is 19.0 Å². The Kier molecular flexibility index (Phi) is 5.59. The van der Waals surface area contributed by atoms with E-state index in [9.17, 15) is 14.4 Å². The fourth-order valence-corrected chi connectivity index (χ4v) is 3.25. The number of methoxy groups -OCH3 is 1. The molecule has 0 aliphatic carbocycles. The van der Waals surface area contributed by atoms with Crippen molar-refractivity contribution in [1.29, 1.82) is 0 Å². The van der Waals surface area contributed by atoms with Crippen molar-refractivity contribution in [1.82, 2.24) is 10.2 Å². The summed E-state index contributed by atoms with van der Waals surface area (Å²) in [5, 5.41) is 5.50. The lowest BCUT2D eigenvalue weighted by Gasteiger charge is -2.29. The van der Waals surface area contributed by atoms with Crippen LogP contribution in [0.15, 0.2) is 42.5 Å². The molecule has 7 heteroatoms. The van der Waals surface area contributed by atoms with Gasteiger partial charge >= 0.3 is 6.03 Å². The number of fused-ring (bicyclic) bond motifs is 1. The van der Waals surface area contributed by atoms with Crippen molar-refractivity contribution in [3.05, 3.63) is 59.2 Å². The smallest absolute Gasteiger partial charge is 0.319 e. The predicted molar refractivity (Wildman–Crippen MR) is 110 cm³/mol. The fraction of sp³-hybridized carbons (Fsp3) is 0.318. The molecule has 1 aliphatic heterocycles. The molecule has 29 heavy (non-hydrogen) atoms. The zero-order valence-corrected chi connectivity index (χ0v) is 17.0. The predicted octanol–water partition coefficient (Wildman–Crippen LogP) is 3.45. The summed E-state index contributed by atoms with van der Waals surface area (Å²) in [6.07, 6.45) is 0.655. The van der Waals surface area contributed by atoms with Gasteiger partial charge in [0, 0.05) is 17.8 Å². The first-order valence-corrected chi connectivity index (χ1v) is 9.41. The maximum absolute atomic E-state index is 12.6. The summed E-state index contributed by atoms with van der Waals surface area (Å²) in [7, 11) is 1.61. The number of hydrogen-bond acceptors (Lipinski definition) is 4. The number of nitrogens with zero attached hydrogens (tertiary/aromatic N) is 1. The topological polar surface area (TPSA) is 87.7 Å². The first kappa shape index (κ1) is 20.4. The van der Waals surface area contributed by atoms with Gasteiger partial charge in [-0.15, -0.1) is 0 Å². The minimum Gasteiger partial charge on any atom is -0.497 e. The van der Waals surface area contributed by atoms with Gasteiger partial charge in [0.1, 0.15) is 5.75 Å². The molecule has 3 rings (SSSR count). The van der Waals surface area contributed by atoms with Crippen molar-refractivity contribution in [2.24, 2.45) is 0 Å². The molecule has 0 atom stereocenters. The van der Waals surface area contributed by atoms with Gasteiger partial charge in [-0.3, -0.25) is 14.5 Å². The Morgan fingerprint density at radius 3 is 2.45 bits per heavy atom. The van der Waals surface area contributed by atoms with Crippen LogP contribution < -0.4 is 15.4 Å². The Morgan fingerprint density at radius 2 is 1.76 bits per heavy atom. The largest absolute Gasteiger partial charge is 0.497 e. The first-order chi connectivity index (χ1) is 13.7. The molecule has 0 radical (unpaired) electrons. The van der Waals surface area contributed by atoms with Crippen molar-refractivity contribution in [3.8, 4) is 5.75 Å². The van der Waals surface area contributed by atoms with Crippen LogP contribution in [0.3, 0.4) is 0 Å². The highest BCUT2D eigenvalue weighted by Crippen LogP contribution is 2.30. The number of rotatable bonds is 5. The maximum atomic E-state index is 12.6. The van der Waals surface area contributed by atoms with Crippen LogP contribution in [-0.4, -0.2) is 41.9 Å². The molecular formula is C22H25N3O4. The van der Waals surface area contributed by atoms with Crippen LogP contribution in [0.2, 0.25) is 0 Å². The minimum atomic E-state index is -0.613.